The van der Waals surface area contributed by atoms with Crippen LogP contribution < -0.4 is 0 Å². The largest absolute Gasteiger partial charge is 0.401 e. The van der Waals surface area contributed by atoms with Crippen molar-refractivity contribution in [3.05, 3.63) is 63.5 Å². The monoisotopic (exact) mass is 283 g/mol. The molecule has 0 aliphatic carbocycles. The first kappa shape index (κ1) is 12.8. The Hall–Kier alpha value is -2.20. The van der Waals surface area contributed by atoms with Gasteiger partial charge in [0, 0.05) is 0 Å². The minimum atomic E-state index is -0.395. The molecule has 0 bridgehead atoms. The highest BCUT2D eigenvalue weighted by molar-refractivity contribution is 7.12. The third-order valence-corrected chi connectivity index (χ3v) is 3.90. The fourth-order valence-corrected chi connectivity index (χ4v) is 2.57. The van der Waals surface area contributed by atoms with Crippen molar-refractivity contribution < 1.29 is 9.53 Å². The van der Waals surface area contributed by atoms with E-state index in [4.69, 9.17) is 4.74 Å². The van der Waals surface area contributed by atoms with Gasteiger partial charge in [0.1, 0.15) is 0 Å². The topological polar surface area (TPSA) is 38.7 Å². The molecule has 0 saturated heterocycles. The van der Waals surface area contributed by atoms with Gasteiger partial charge in [0.25, 0.3) is 0 Å². The first-order valence-electron chi connectivity index (χ1n) is 6.41. The van der Waals surface area contributed by atoms with Crippen LogP contribution in [0.1, 0.15) is 22.9 Å². The lowest BCUT2D eigenvalue weighted by atomic mass is 10.1. The maximum atomic E-state index is 11.8. The minimum absolute atomic E-state index is 0.345. The molecule has 0 radical (unpaired) electrons. The zero-order valence-electron chi connectivity index (χ0n) is 11.0. The molecule has 0 fully saturated rings. The van der Waals surface area contributed by atoms with Crippen molar-refractivity contribution in [1.82, 2.24) is 0 Å². The molecule has 2 aromatic rings. The highest BCUT2D eigenvalue weighted by atomic mass is 32.1. The Kier molecular flexibility index (Phi) is 3.48. The van der Waals surface area contributed by atoms with E-state index < -0.39 is 5.97 Å². The number of nitrogens with zero attached hydrogens (tertiary/aromatic N) is 1. The van der Waals surface area contributed by atoms with Crippen LogP contribution in [-0.4, -0.2) is 11.9 Å². The molecule has 1 aliphatic heterocycles. The first-order chi connectivity index (χ1) is 9.76. The molecule has 0 saturated carbocycles. The standard InChI is InChI=1S/C16H13NO2S/c1-2-11-5-7-12(8-6-11)10-13-16(18)19-15(17-13)14-4-3-9-20-14/h3-10H,2H2,1H3. The Morgan fingerprint density at radius 3 is 2.70 bits per heavy atom. The van der Waals surface area contributed by atoms with Gasteiger partial charge in [-0.3, -0.25) is 0 Å². The average molecular weight is 283 g/mol. The van der Waals surface area contributed by atoms with Gasteiger partial charge in [0.05, 0.1) is 4.88 Å². The number of hydrogen-bond donors (Lipinski definition) is 0. The lowest BCUT2D eigenvalue weighted by Crippen LogP contribution is -2.03. The van der Waals surface area contributed by atoms with E-state index in [1.54, 1.807) is 6.08 Å². The molecule has 2 heterocycles. The number of thiophene rings is 1. The first-order valence-corrected chi connectivity index (χ1v) is 7.29. The molecule has 4 heteroatoms. The minimum Gasteiger partial charge on any atom is -0.401 e. The number of rotatable bonds is 3. The maximum absolute atomic E-state index is 11.8. The number of benzene rings is 1. The number of ether oxygens (including phenoxy) is 1. The van der Waals surface area contributed by atoms with Crippen molar-refractivity contribution in [2.24, 2.45) is 4.99 Å². The van der Waals surface area contributed by atoms with Gasteiger partial charge >= 0.3 is 5.97 Å². The molecule has 3 rings (SSSR count). The van der Waals surface area contributed by atoms with Gasteiger partial charge in [-0.1, -0.05) is 37.3 Å². The Balaban J connectivity index is 1.88. The van der Waals surface area contributed by atoms with E-state index in [2.05, 4.69) is 24.0 Å². The lowest BCUT2D eigenvalue weighted by molar-refractivity contribution is -0.129. The van der Waals surface area contributed by atoms with E-state index >= 15 is 0 Å². The van der Waals surface area contributed by atoms with Crippen LogP contribution in [-0.2, 0) is 16.0 Å². The summed E-state index contributed by atoms with van der Waals surface area (Å²) < 4.78 is 5.19. The molecular formula is C16H13NO2S. The van der Waals surface area contributed by atoms with Crippen LogP contribution in [0.2, 0.25) is 0 Å². The summed E-state index contributed by atoms with van der Waals surface area (Å²) in [6, 6.07) is 11.9. The van der Waals surface area contributed by atoms with E-state index in [0.717, 1.165) is 16.9 Å². The number of aryl methyl sites for hydroxylation is 1. The molecule has 0 N–H and O–H groups in total. The molecular weight excluding hydrogens is 270 g/mol. The molecule has 100 valence electrons. The molecule has 1 aromatic heterocycles. The molecule has 1 aromatic carbocycles. The summed E-state index contributed by atoms with van der Waals surface area (Å²) in [6.07, 6.45) is 2.75. The molecule has 0 amide bonds. The molecule has 0 atom stereocenters. The summed E-state index contributed by atoms with van der Waals surface area (Å²) in [5, 5.41) is 1.93. The molecule has 0 unspecified atom stereocenters. The van der Waals surface area contributed by atoms with Crippen molar-refractivity contribution >= 4 is 29.3 Å². The maximum Gasteiger partial charge on any atom is 0.363 e. The van der Waals surface area contributed by atoms with Gasteiger partial charge < -0.3 is 4.74 Å². The Morgan fingerprint density at radius 2 is 2.05 bits per heavy atom. The molecule has 3 nitrogen and oxygen atoms in total. The van der Waals surface area contributed by atoms with E-state index in [9.17, 15) is 4.79 Å². The number of carbonyl (C=O) groups excluding carboxylic acids is 1. The normalized spacial score (nSPS) is 16.4. The fraction of sp³-hybridized carbons (Fsp3) is 0.125. The van der Waals surface area contributed by atoms with E-state index in [0.29, 0.717) is 11.6 Å². The van der Waals surface area contributed by atoms with Gasteiger partial charge in [0.15, 0.2) is 5.70 Å². The second-order valence-electron chi connectivity index (χ2n) is 4.41. The summed E-state index contributed by atoms with van der Waals surface area (Å²) in [5.41, 5.74) is 2.56. The molecule has 1 aliphatic rings. The van der Waals surface area contributed by atoms with Crippen molar-refractivity contribution in [3.8, 4) is 0 Å². The highest BCUT2D eigenvalue weighted by Crippen LogP contribution is 2.21. The lowest BCUT2D eigenvalue weighted by Gasteiger charge is -1.97. The summed E-state index contributed by atoms with van der Waals surface area (Å²) in [5.74, 6) is -0.00519. The van der Waals surface area contributed by atoms with E-state index in [-0.39, 0.29) is 0 Å². The smallest absolute Gasteiger partial charge is 0.363 e. The Labute approximate surface area is 121 Å². The predicted molar refractivity (Wildman–Crippen MR) is 80.7 cm³/mol. The van der Waals surface area contributed by atoms with E-state index in [1.165, 1.54) is 16.9 Å². The van der Waals surface area contributed by atoms with Crippen LogP contribution >= 0.6 is 11.3 Å². The van der Waals surface area contributed by atoms with Gasteiger partial charge in [-0.15, -0.1) is 11.3 Å². The third kappa shape index (κ3) is 2.56. The number of carbonyl (C=O) groups is 1. The quantitative estimate of drug-likeness (QED) is 0.637. The summed E-state index contributed by atoms with van der Waals surface area (Å²) in [6.45, 7) is 2.11. The number of esters is 1. The van der Waals surface area contributed by atoms with Crippen molar-refractivity contribution in [2.45, 2.75) is 13.3 Å². The van der Waals surface area contributed by atoms with Crippen LogP contribution in [0.4, 0.5) is 0 Å². The van der Waals surface area contributed by atoms with Crippen LogP contribution in [0, 0.1) is 0 Å². The Bertz CT molecular complexity index is 682. The SMILES string of the molecule is CCc1ccc(C=C2N=C(c3cccs3)OC2=O)cc1. The third-order valence-electron chi connectivity index (χ3n) is 3.04. The number of hydrogen-bond acceptors (Lipinski definition) is 4. The second kappa shape index (κ2) is 5.43. The second-order valence-corrected chi connectivity index (χ2v) is 5.36. The number of cyclic esters (lactones) is 1. The predicted octanol–water partition coefficient (Wildman–Crippen LogP) is 3.66. The molecule has 0 spiro atoms. The van der Waals surface area contributed by atoms with Crippen LogP contribution in [0.15, 0.2) is 52.5 Å². The summed E-state index contributed by atoms with van der Waals surface area (Å²) in [4.78, 5) is 16.9. The van der Waals surface area contributed by atoms with E-state index in [1.807, 2.05) is 29.6 Å². The Morgan fingerprint density at radius 1 is 1.25 bits per heavy atom. The zero-order valence-corrected chi connectivity index (χ0v) is 11.8. The zero-order chi connectivity index (χ0) is 13.9. The van der Waals surface area contributed by atoms with Crippen molar-refractivity contribution in [2.75, 3.05) is 0 Å². The number of aliphatic imine (C=N–C) groups is 1. The van der Waals surface area contributed by atoms with Crippen LogP contribution in [0.5, 0.6) is 0 Å². The van der Waals surface area contributed by atoms with Gasteiger partial charge in [-0.2, -0.15) is 0 Å². The fourth-order valence-electron chi connectivity index (χ4n) is 1.92. The van der Waals surface area contributed by atoms with Crippen molar-refractivity contribution in [1.29, 1.82) is 0 Å². The highest BCUT2D eigenvalue weighted by Gasteiger charge is 2.24. The summed E-state index contributed by atoms with van der Waals surface area (Å²) >= 11 is 1.50. The summed E-state index contributed by atoms with van der Waals surface area (Å²) in [7, 11) is 0. The van der Waals surface area contributed by atoms with Crippen LogP contribution in [0.25, 0.3) is 6.08 Å². The van der Waals surface area contributed by atoms with Crippen LogP contribution in [0.3, 0.4) is 0 Å². The van der Waals surface area contributed by atoms with Gasteiger partial charge in [-0.25, -0.2) is 9.79 Å². The average Bonchev–Trinajstić information content (AvgIpc) is 3.10. The van der Waals surface area contributed by atoms with Gasteiger partial charge in [-0.05, 0) is 35.1 Å². The van der Waals surface area contributed by atoms with Crippen molar-refractivity contribution in [3.63, 3.8) is 0 Å². The van der Waals surface area contributed by atoms with Gasteiger partial charge in [0.2, 0.25) is 5.90 Å². The molecule has 20 heavy (non-hydrogen) atoms.